The minimum Gasteiger partial charge on any atom is -0.480 e. The van der Waals surface area contributed by atoms with Crippen LogP contribution in [0.2, 0.25) is 0 Å². The molecule has 6 aliphatic heterocycles. The molecule has 6 saturated heterocycles. The molecular weight excluding hydrogens is 476 g/mol. The zero-order chi connectivity index (χ0) is 26.1. The molecule has 0 aromatic rings. The molecule has 10 heteroatoms. The molecule has 0 aromatic carbocycles. The van der Waals surface area contributed by atoms with E-state index in [1.165, 1.54) is 0 Å². The summed E-state index contributed by atoms with van der Waals surface area (Å²) in [6.45, 7) is 5.65. The van der Waals surface area contributed by atoms with Crippen molar-refractivity contribution in [1.82, 2.24) is 20.4 Å². The van der Waals surface area contributed by atoms with E-state index in [0.717, 1.165) is 71.4 Å². The summed E-state index contributed by atoms with van der Waals surface area (Å²) in [5, 5.41) is 25.5. The maximum atomic E-state index is 13.1. The zero-order valence-electron chi connectivity index (χ0n) is 21.6. The first-order chi connectivity index (χ1) is 17.8. The van der Waals surface area contributed by atoms with Gasteiger partial charge in [0, 0.05) is 24.3 Å². The van der Waals surface area contributed by atoms with E-state index in [9.17, 15) is 29.4 Å². The van der Waals surface area contributed by atoms with Crippen LogP contribution in [0.5, 0.6) is 0 Å². The molecule has 2 amide bonds. The predicted octanol–water partition coefficient (Wildman–Crippen LogP) is 1.01. The highest BCUT2D eigenvalue weighted by atomic mass is 16.4. The Morgan fingerprint density at radius 3 is 1.41 bits per heavy atom. The number of carboxylic acids is 2. The molecular formula is C27H42N4O6. The third kappa shape index (κ3) is 5.79. The highest BCUT2D eigenvalue weighted by Crippen LogP contribution is 2.36. The normalized spacial score (nSPS) is 38.7. The number of nitrogens with zero attached hydrogens (tertiary/aromatic N) is 2. The molecule has 206 valence electrons. The number of aliphatic carboxylic acids is 2. The molecule has 37 heavy (non-hydrogen) atoms. The molecule has 2 unspecified atom stereocenters. The summed E-state index contributed by atoms with van der Waals surface area (Å²) >= 11 is 0. The Kier molecular flexibility index (Phi) is 8.04. The Labute approximate surface area is 218 Å². The average Bonchev–Trinajstić information content (AvgIpc) is 3.24. The van der Waals surface area contributed by atoms with Crippen LogP contribution in [0.25, 0.3) is 0 Å². The lowest BCUT2D eigenvalue weighted by Gasteiger charge is -2.46. The molecule has 1 saturated carbocycles. The van der Waals surface area contributed by atoms with Crippen LogP contribution >= 0.6 is 0 Å². The van der Waals surface area contributed by atoms with Crippen LogP contribution in [-0.2, 0) is 19.2 Å². The number of fused-ring (bicyclic) bond motifs is 7. The summed E-state index contributed by atoms with van der Waals surface area (Å²) in [4.78, 5) is 55.0. The number of carbonyl (C=O) groups excluding carboxylic acids is 2. The molecule has 1 aliphatic carbocycles. The van der Waals surface area contributed by atoms with Gasteiger partial charge >= 0.3 is 11.9 Å². The topological polar surface area (TPSA) is 139 Å². The second-order valence-corrected chi connectivity index (χ2v) is 12.1. The van der Waals surface area contributed by atoms with Crippen molar-refractivity contribution in [3.8, 4) is 0 Å². The van der Waals surface area contributed by atoms with E-state index < -0.39 is 24.0 Å². The minimum atomic E-state index is -0.969. The number of carbonyl (C=O) groups is 4. The van der Waals surface area contributed by atoms with Crippen molar-refractivity contribution in [2.45, 2.75) is 69.9 Å². The summed E-state index contributed by atoms with van der Waals surface area (Å²) in [5.41, 5.74) is 0. The number of hydrogen-bond donors (Lipinski definition) is 4. The SMILES string of the molecule is O=C(O)C(NC(=O)[C@H]1CC[C@H](C(=O)NC(C(=O)O)[C@H]2CN3CCC2CC3)CC1)[C@H]1CCN2CCC1CC2. The number of amides is 2. The van der Waals surface area contributed by atoms with Crippen molar-refractivity contribution in [2.24, 2.45) is 35.5 Å². The van der Waals surface area contributed by atoms with Gasteiger partial charge < -0.3 is 30.6 Å². The van der Waals surface area contributed by atoms with E-state index in [0.29, 0.717) is 37.5 Å². The quantitative estimate of drug-likeness (QED) is 0.373. The molecule has 10 nitrogen and oxygen atoms in total. The van der Waals surface area contributed by atoms with Gasteiger partial charge in [-0.25, -0.2) is 9.59 Å². The monoisotopic (exact) mass is 518 g/mol. The molecule has 4 atom stereocenters. The summed E-state index contributed by atoms with van der Waals surface area (Å²) < 4.78 is 0. The molecule has 0 aromatic heterocycles. The Morgan fingerprint density at radius 2 is 0.973 bits per heavy atom. The standard InChI is InChI=1S/C27H42N4O6/c32-24(28-22(26(34)35)20-9-14-30-10-5-16(20)6-11-30)18-1-3-19(4-2-18)25(33)29-23(27(36)37)21-15-31-12-7-17(21)8-13-31/h16-23H,1-15H2,(H,28,32)(H,29,33)(H,34,35)(H,36,37)/t18-,19-,20-,21-,22?,23?/m0/s1. The maximum absolute atomic E-state index is 13.1. The van der Waals surface area contributed by atoms with Crippen molar-refractivity contribution in [2.75, 3.05) is 39.3 Å². The molecule has 7 aliphatic rings. The second-order valence-electron chi connectivity index (χ2n) is 12.1. The Balaban J connectivity index is 1.13. The Hall–Kier alpha value is -2.20. The van der Waals surface area contributed by atoms with Gasteiger partial charge in [0.25, 0.3) is 0 Å². The number of piperidine rings is 4. The predicted molar refractivity (Wildman–Crippen MR) is 135 cm³/mol. The zero-order valence-corrected chi connectivity index (χ0v) is 21.6. The summed E-state index contributed by atoms with van der Waals surface area (Å²) in [6, 6.07) is -1.74. The van der Waals surface area contributed by atoms with Gasteiger partial charge in [0.1, 0.15) is 12.1 Å². The molecule has 6 heterocycles. The number of hydrogen-bond acceptors (Lipinski definition) is 6. The third-order valence-corrected chi connectivity index (χ3v) is 10.2. The lowest BCUT2D eigenvalue weighted by molar-refractivity contribution is -0.147. The fourth-order valence-electron chi connectivity index (χ4n) is 7.86. The van der Waals surface area contributed by atoms with Gasteiger partial charge in [0.05, 0.1) is 0 Å². The molecule has 0 spiro atoms. The van der Waals surface area contributed by atoms with Gasteiger partial charge in [-0.2, -0.15) is 0 Å². The van der Waals surface area contributed by atoms with Gasteiger partial charge in [-0.3, -0.25) is 9.59 Å². The van der Waals surface area contributed by atoms with Crippen molar-refractivity contribution in [3.05, 3.63) is 0 Å². The molecule has 4 bridgehead atoms. The van der Waals surface area contributed by atoms with Gasteiger partial charge in [0.15, 0.2) is 0 Å². The van der Waals surface area contributed by atoms with E-state index >= 15 is 0 Å². The summed E-state index contributed by atoms with van der Waals surface area (Å²) in [5.74, 6) is -2.43. The van der Waals surface area contributed by atoms with E-state index in [1.54, 1.807) is 0 Å². The van der Waals surface area contributed by atoms with E-state index in [4.69, 9.17) is 0 Å². The van der Waals surface area contributed by atoms with Crippen molar-refractivity contribution in [3.63, 3.8) is 0 Å². The lowest BCUT2D eigenvalue weighted by atomic mass is 9.75. The van der Waals surface area contributed by atoms with E-state index in [2.05, 4.69) is 20.4 Å². The maximum Gasteiger partial charge on any atom is 0.326 e. The van der Waals surface area contributed by atoms with Crippen LogP contribution in [0.4, 0.5) is 0 Å². The summed E-state index contributed by atoms with van der Waals surface area (Å²) in [7, 11) is 0. The van der Waals surface area contributed by atoms with Gasteiger partial charge in [0.2, 0.25) is 11.8 Å². The van der Waals surface area contributed by atoms with Crippen LogP contribution in [0.1, 0.15) is 57.8 Å². The van der Waals surface area contributed by atoms with Gasteiger partial charge in [-0.15, -0.1) is 0 Å². The minimum absolute atomic E-state index is 0.0459. The molecule has 0 radical (unpaired) electrons. The first-order valence-corrected chi connectivity index (χ1v) is 14.3. The van der Waals surface area contributed by atoms with E-state index in [1.807, 2.05) is 0 Å². The highest BCUT2D eigenvalue weighted by molar-refractivity contribution is 5.87. The van der Waals surface area contributed by atoms with Crippen molar-refractivity contribution < 1.29 is 29.4 Å². The average molecular weight is 519 g/mol. The number of carboxylic acid groups (broad SMARTS) is 2. The first kappa shape index (κ1) is 26.4. The highest BCUT2D eigenvalue weighted by Gasteiger charge is 2.44. The van der Waals surface area contributed by atoms with Crippen LogP contribution in [-0.4, -0.2) is 95.1 Å². The second kappa shape index (κ2) is 11.3. The lowest BCUT2D eigenvalue weighted by Crippen LogP contribution is -2.58. The van der Waals surface area contributed by atoms with Crippen LogP contribution in [0.3, 0.4) is 0 Å². The van der Waals surface area contributed by atoms with Crippen molar-refractivity contribution >= 4 is 23.8 Å². The van der Waals surface area contributed by atoms with Crippen molar-refractivity contribution in [1.29, 1.82) is 0 Å². The molecule has 4 N–H and O–H groups in total. The third-order valence-electron chi connectivity index (χ3n) is 10.2. The summed E-state index contributed by atoms with van der Waals surface area (Å²) in [6.07, 6.45) is 6.78. The van der Waals surface area contributed by atoms with Crippen LogP contribution < -0.4 is 10.6 Å². The Morgan fingerprint density at radius 1 is 0.568 bits per heavy atom. The fourth-order valence-corrected chi connectivity index (χ4v) is 7.86. The fraction of sp³-hybridized carbons (Fsp3) is 0.852. The Bertz CT molecular complexity index is 874. The van der Waals surface area contributed by atoms with Crippen LogP contribution in [0, 0.1) is 35.5 Å². The first-order valence-electron chi connectivity index (χ1n) is 14.3. The van der Waals surface area contributed by atoms with Gasteiger partial charge in [-0.1, -0.05) is 0 Å². The van der Waals surface area contributed by atoms with Crippen LogP contribution in [0.15, 0.2) is 0 Å². The molecule has 7 rings (SSSR count). The van der Waals surface area contributed by atoms with E-state index in [-0.39, 0.29) is 35.5 Å². The van der Waals surface area contributed by atoms with Gasteiger partial charge in [-0.05, 0) is 108 Å². The smallest absolute Gasteiger partial charge is 0.326 e. The molecule has 7 fully saturated rings. The largest absolute Gasteiger partial charge is 0.480 e. The number of rotatable bonds is 8. The number of nitrogens with one attached hydrogen (secondary N) is 2.